The van der Waals surface area contributed by atoms with Crippen molar-refractivity contribution in [1.82, 2.24) is 20.0 Å². The largest absolute Gasteiger partial charge is 0.355 e. The smallest absolute Gasteiger partial charge is 0.274 e. The lowest BCUT2D eigenvalue weighted by molar-refractivity contribution is 0.0637. The van der Waals surface area contributed by atoms with Gasteiger partial charge >= 0.3 is 0 Å². The molecule has 0 radical (unpaired) electrons. The molecule has 180 valence electrons. The van der Waals surface area contributed by atoms with Crippen LogP contribution in [0.4, 0.5) is 5.82 Å². The van der Waals surface area contributed by atoms with Gasteiger partial charge in [-0.05, 0) is 36.1 Å². The molecule has 3 aliphatic rings. The summed E-state index contributed by atoms with van der Waals surface area (Å²) >= 11 is 0. The van der Waals surface area contributed by atoms with E-state index in [-0.39, 0.29) is 17.1 Å². The first kappa shape index (κ1) is 23.0. The number of amides is 1. The van der Waals surface area contributed by atoms with Crippen molar-refractivity contribution >= 4 is 27.6 Å². The van der Waals surface area contributed by atoms with Gasteiger partial charge in [0.1, 0.15) is 9.84 Å². The van der Waals surface area contributed by atoms with E-state index in [0.29, 0.717) is 38.4 Å². The van der Waals surface area contributed by atoms with E-state index in [1.807, 2.05) is 6.07 Å². The first-order chi connectivity index (χ1) is 16.3. The van der Waals surface area contributed by atoms with Gasteiger partial charge in [0, 0.05) is 57.5 Å². The van der Waals surface area contributed by atoms with E-state index in [1.165, 1.54) is 17.4 Å². The first-order valence-electron chi connectivity index (χ1n) is 11.9. The fourth-order valence-corrected chi connectivity index (χ4v) is 5.83. The highest BCUT2D eigenvalue weighted by Gasteiger charge is 2.38. The van der Waals surface area contributed by atoms with Crippen LogP contribution in [0.3, 0.4) is 0 Å². The zero-order chi connectivity index (χ0) is 23.8. The number of rotatable bonds is 5. The summed E-state index contributed by atoms with van der Waals surface area (Å²) in [5.74, 6) is 0.841. The molecular formula is C25H31N5O3S. The molecule has 0 atom stereocenters. The normalized spacial score (nSPS) is 20.0. The number of sulfone groups is 1. The van der Waals surface area contributed by atoms with Crippen LogP contribution >= 0.6 is 0 Å². The van der Waals surface area contributed by atoms with E-state index in [1.54, 1.807) is 11.0 Å². The number of hydrogen-bond acceptors (Lipinski definition) is 7. The highest BCUT2D eigenvalue weighted by molar-refractivity contribution is 7.90. The molecule has 1 amide bonds. The molecule has 1 spiro atoms. The summed E-state index contributed by atoms with van der Waals surface area (Å²) in [5.41, 5.74) is 3.24. The van der Waals surface area contributed by atoms with Crippen LogP contribution in [0.15, 0.2) is 42.5 Å². The molecule has 9 heteroatoms. The zero-order valence-corrected chi connectivity index (χ0v) is 20.4. The Morgan fingerprint density at radius 1 is 0.971 bits per heavy atom. The maximum Gasteiger partial charge on any atom is 0.274 e. The molecule has 2 aromatic rings. The topological polar surface area (TPSA) is 86.7 Å². The van der Waals surface area contributed by atoms with Crippen molar-refractivity contribution in [2.45, 2.75) is 18.3 Å². The average Bonchev–Trinajstić information content (AvgIpc) is 3.21. The number of carbonyl (C=O) groups is 1. The number of allylic oxidation sites excluding steroid dienone is 1. The third-order valence-corrected chi connectivity index (χ3v) is 8.29. The van der Waals surface area contributed by atoms with E-state index >= 15 is 0 Å². The van der Waals surface area contributed by atoms with Crippen LogP contribution in [0, 0.1) is 0 Å². The second kappa shape index (κ2) is 9.11. The Balaban J connectivity index is 1.15. The predicted molar refractivity (Wildman–Crippen MR) is 133 cm³/mol. The summed E-state index contributed by atoms with van der Waals surface area (Å²) in [7, 11) is -2.98. The fourth-order valence-electron chi connectivity index (χ4n) is 5.25. The van der Waals surface area contributed by atoms with E-state index in [4.69, 9.17) is 0 Å². The second-order valence-electron chi connectivity index (χ2n) is 9.60. The SMILES string of the molecule is CS(=O)(=O)CCN1CCN(C(=O)c2ccc(N3CCC4(C=Cc5ccccc54)CC3)nn2)CC1. The molecule has 0 N–H and O–H groups in total. The van der Waals surface area contributed by atoms with E-state index in [2.05, 4.69) is 56.4 Å². The standard InChI is InChI=1S/C25H31N5O3S/c1-34(32,33)19-18-28-14-16-30(17-15-28)24(31)22-6-7-23(27-26-22)29-12-10-25(11-13-29)9-8-20-4-2-3-5-21(20)25/h2-9H,10-19H2,1H3. The minimum Gasteiger partial charge on any atom is -0.355 e. The van der Waals surface area contributed by atoms with Gasteiger partial charge in [-0.2, -0.15) is 0 Å². The summed E-state index contributed by atoms with van der Waals surface area (Å²) in [4.78, 5) is 19.0. The summed E-state index contributed by atoms with van der Waals surface area (Å²) < 4.78 is 22.8. The maximum atomic E-state index is 12.9. The minimum absolute atomic E-state index is 0.118. The molecule has 0 bridgehead atoms. The number of carbonyl (C=O) groups excluding carboxylic acids is 1. The Labute approximate surface area is 201 Å². The molecule has 2 aliphatic heterocycles. The van der Waals surface area contributed by atoms with Crippen LogP contribution in [-0.2, 0) is 15.3 Å². The molecule has 2 saturated heterocycles. The zero-order valence-electron chi connectivity index (χ0n) is 19.6. The molecule has 0 unspecified atom stereocenters. The molecule has 1 aromatic heterocycles. The summed E-state index contributed by atoms with van der Waals surface area (Å²) in [5, 5.41) is 8.63. The number of benzene rings is 1. The lowest BCUT2D eigenvalue weighted by Crippen LogP contribution is -2.49. The maximum absolute atomic E-state index is 12.9. The van der Waals surface area contributed by atoms with Gasteiger partial charge in [0.25, 0.3) is 5.91 Å². The molecule has 3 heterocycles. The van der Waals surface area contributed by atoms with E-state index < -0.39 is 9.84 Å². The Morgan fingerprint density at radius 3 is 2.38 bits per heavy atom. The van der Waals surface area contributed by atoms with E-state index in [0.717, 1.165) is 31.7 Å². The molecule has 2 fully saturated rings. The van der Waals surface area contributed by atoms with Crippen molar-refractivity contribution in [2.75, 3.05) is 62.7 Å². The number of piperazine rings is 1. The number of anilines is 1. The predicted octanol–water partition coefficient (Wildman–Crippen LogP) is 1.84. The Bertz CT molecular complexity index is 1180. The number of piperidine rings is 1. The second-order valence-corrected chi connectivity index (χ2v) is 11.9. The average molecular weight is 482 g/mol. The molecular weight excluding hydrogens is 450 g/mol. The Kier molecular flexibility index (Phi) is 6.16. The van der Waals surface area contributed by atoms with Crippen molar-refractivity contribution in [3.8, 4) is 0 Å². The third kappa shape index (κ3) is 4.72. The fraction of sp³-hybridized carbons (Fsp3) is 0.480. The van der Waals surface area contributed by atoms with Gasteiger partial charge in [0.15, 0.2) is 11.5 Å². The highest BCUT2D eigenvalue weighted by Crippen LogP contribution is 2.44. The van der Waals surface area contributed by atoms with Crippen molar-refractivity contribution in [3.63, 3.8) is 0 Å². The van der Waals surface area contributed by atoms with Gasteiger partial charge in [-0.3, -0.25) is 9.69 Å². The van der Waals surface area contributed by atoms with Crippen LogP contribution in [0.25, 0.3) is 6.08 Å². The Hall–Kier alpha value is -2.78. The van der Waals surface area contributed by atoms with Crippen LogP contribution < -0.4 is 4.90 Å². The molecule has 1 aliphatic carbocycles. The number of fused-ring (bicyclic) bond motifs is 2. The highest BCUT2D eigenvalue weighted by atomic mass is 32.2. The Morgan fingerprint density at radius 2 is 1.71 bits per heavy atom. The molecule has 5 rings (SSSR count). The van der Waals surface area contributed by atoms with Crippen LogP contribution in [0.1, 0.15) is 34.5 Å². The monoisotopic (exact) mass is 481 g/mol. The summed E-state index contributed by atoms with van der Waals surface area (Å²) in [6.07, 6.45) is 7.93. The van der Waals surface area contributed by atoms with Crippen molar-refractivity contribution < 1.29 is 13.2 Å². The van der Waals surface area contributed by atoms with Gasteiger partial charge in [-0.25, -0.2) is 8.42 Å². The van der Waals surface area contributed by atoms with Gasteiger partial charge in [0.05, 0.1) is 5.75 Å². The summed E-state index contributed by atoms with van der Waals surface area (Å²) in [6, 6.07) is 12.3. The quantitative estimate of drug-likeness (QED) is 0.644. The lowest BCUT2D eigenvalue weighted by atomic mass is 9.74. The molecule has 1 aromatic carbocycles. The van der Waals surface area contributed by atoms with Crippen molar-refractivity contribution in [3.05, 3.63) is 59.3 Å². The molecule has 8 nitrogen and oxygen atoms in total. The van der Waals surface area contributed by atoms with Crippen molar-refractivity contribution in [2.24, 2.45) is 0 Å². The van der Waals surface area contributed by atoms with Crippen LogP contribution in [0.5, 0.6) is 0 Å². The van der Waals surface area contributed by atoms with Crippen LogP contribution in [0.2, 0.25) is 0 Å². The number of nitrogens with zero attached hydrogens (tertiary/aromatic N) is 5. The summed E-state index contributed by atoms with van der Waals surface area (Å²) in [6.45, 7) is 4.77. The van der Waals surface area contributed by atoms with Crippen LogP contribution in [-0.4, -0.2) is 92.1 Å². The number of hydrogen-bond donors (Lipinski definition) is 0. The van der Waals surface area contributed by atoms with Crippen molar-refractivity contribution in [1.29, 1.82) is 0 Å². The van der Waals surface area contributed by atoms with Gasteiger partial charge in [-0.1, -0.05) is 36.4 Å². The van der Waals surface area contributed by atoms with Gasteiger partial charge < -0.3 is 9.80 Å². The first-order valence-corrected chi connectivity index (χ1v) is 14.0. The molecule has 34 heavy (non-hydrogen) atoms. The van der Waals surface area contributed by atoms with Gasteiger partial charge in [0.2, 0.25) is 0 Å². The van der Waals surface area contributed by atoms with E-state index in [9.17, 15) is 13.2 Å². The number of aromatic nitrogens is 2. The minimum atomic E-state index is -2.98. The molecule has 0 saturated carbocycles. The lowest BCUT2D eigenvalue weighted by Gasteiger charge is -2.39. The van der Waals surface area contributed by atoms with Gasteiger partial charge in [-0.15, -0.1) is 10.2 Å². The third-order valence-electron chi connectivity index (χ3n) is 7.37.